The molecule has 0 bridgehead atoms. The Morgan fingerprint density at radius 2 is 1.72 bits per heavy atom. The number of halogens is 2. The molecule has 0 spiro atoms. The number of amides is 1. The van der Waals surface area contributed by atoms with Crippen molar-refractivity contribution in [3.63, 3.8) is 0 Å². The molecule has 32 heavy (non-hydrogen) atoms. The quantitative estimate of drug-likeness (QED) is 0.535. The third-order valence-electron chi connectivity index (χ3n) is 5.24. The number of aromatic nitrogens is 2. The van der Waals surface area contributed by atoms with E-state index in [-0.39, 0.29) is 12.5 Å². The Kier molecular flexibility index (Phi) is 6.97. The van der Waals surface area contributed by atoms with E-state index in [0.717, 1.165) is 22.8 Å². The van der Waals surface area contributed by atoms with Crippen LogP contribution in [-0.4, -0.2) is 60.9 Å². The summed E-state index contributed by atoms with van der Waals surface area (Å²) in [6, 6.07) is 16.5. The first-order valence-corrected chi connectivity index (χ1v) is 10.9. The minimum absolute atomic E-state index is 0.0869. The molecule has 1 saturated heterocycles. The molecule has 2 heterocycles. The lowest BCUT2D eigenvalue weighted by molar-refractivity contribution is -0.133. The molecule has 4 rings (SSSR count). The predicted molar refractivity (Wildman–Crippen MR) is 125 cm³/mol. The van der Waals surface area contributed by atoms with E-state index in [1.54, 1.807) is 30.2 Å². The predicted octanol–water partition coefficient (Wildman–Crippen LogP) is 4.19. The number of carbonyl (C=O) groups excluding carboxylic acids is 1. The fourth-order valence-corrected chi connectivity index (χ4v) is 3.75. The van der Waals surface area contributed by atoms with Crippen LogP contribution >= 0.6 is 23.2 Å². The Bertz CT molecular complexity index is 1070. The fraction of sp³-hybridized carbons (Fsp3) is 0.261. The number of methoxy groups -OCH3 is 1. The van der Waals surface area contributed by atoms with Crippen LogP contribution in [0, 0.1) is 0 Å². The first-order chi connectivity index (χ1) is 15.5. The van der Waals surface area contributed by atoms with E-state index in [2.05, 4.69) is 15.1 Å². The number of piperazine rings is 1. The van der Waals surface area contributed by atoms with Crippen molar-refractivity contribution in [2.45, 2.75) is 0 Å². The summed E-state index contributed by atoms with van der Waals surface area (Å²) < 4.78 is 10.7. The number of anilines is 1. The van der Waals surface area contributed by atoms with Gasteiger partial charge in [0.05, 0.1) is 17.8 Å². The minimum atomic E-state index is -0.0957. The molecule has 9 heteroatoms. The third kappa shape index (κ3) is 5.23. The van der Waals surface area contributed by atoms with Crippen LogP contribution in [0.25, 0.3) is 11.3 Å². The number of rotatable bonds is 6. The molecule has 0 saturated carbocycles. The van der Waals surface area contributed by atoms with Gasteiger partial charge in [-0.3, -0.25) is 4.79 Å². The Morgan fingerprint density at radius 3 is 2.38 bits per heavy atom. The van der Waals surface area contributed by atoms with Crippen molar-refractivity contribution in [1.82, 2.24) is 15.1 Å². The van der Waals surface area contributed by atoms with Crippen LogP contribution in [0.1, 0.15) is 0 Å². The molecular formula is C23H22Cl2N4O3. The maximum atomic E-state index is 12.5. The zero-order valence-corrected chi connectivity index (χ0v) is 19.0. The van der Waals surface area contributed by atoms with Crippen molar-refractivity contribution in [3.8, 4) is 22.8 Å². The molecule has 1 aliphatic rings. The summed E-state index contributed by atoms with van der Waals surface area (Å²) in [5.41, 5.74) is 1.77. The molecule has 0 radical (unpaired) electrons. The number of nitrogens with zero attached hydrogens (tertiary/aromatic N) is 4. The summed E-state index contributed by atoms with van der Waals surface area (Å²) in [6.07, 6.45) is 0. The van der Waals surface area contributed by atoms with Crippen LogP contribution in [0.15, 0.2) is 54.6 Å². The molecule has 3 aromatic rings. The molecule has 0 N–H and O–H groups in total. The highest BCUT2D eigenvalue weighted by atomic mass is 35.5. The lowest BCUT2D eigenvalue weighted by Gasteiger charge is -2.35. The van der Waals surface area contributed by atoms with Crippen LogP contribution in [0.4, 0.5) is 5.82 Å². The number of benzene rings is 2. The second-order valence-corrected chi connectivity index (χ2v) is 8.08. The average Bonchev–Trinajstić information content (AvgIpc) is 2.84. The highest BCUT2D eigenvalue weighted by molar-refractivity contribution is 6.34. The number of carbonyl (C=O) groups is 1. The normalized spacial score (nSPS) is 13.7. The molecule has 1 aromatic heterocycles. The highest BCUT2D eigenvalue weighted by Crippen LogP contribution is 2.28. The molecule has 1 amide bonds. The standard InChI is InChI=1S/C23H22Cl2N4O3/c1-31-18-5-2-16(3-6-18)20-8-9-22(27-26-20)28-10-12-29(13-11-28)23(30)15-32-21-14-17(24)4-7-19(21)25/h2-9,14H,10-13,15H2,1H3. The topological polar surface area (TPSA) is 67.8 Å². The van der Waals surface area contributed by atoms with Gasteiger partial charge in [0.2, 0.25) is 0 Å². The lowest BCUT2D eigenvalue weighted by atomic mass is 10.1. The number of hydrogen-bond donors (Lipinski definition) is 0. The van der Waals surface area contributed by atoms with Gasteiger partial charge in [-0.1, -0.05) is 23.2 Å². The lowest BCUT2D eigenvalue weighted by Crippen LogP contribution is -2.50. The van der Waals surface area contributed by atoms with Crippen molar-refractivity contribution >= 4 is 34.9 Å². The molecule has 1 fully saturated rings. The van der Waals surface area contributed by atoms with E-state index in [4.69, 9.17) is 32.7 Å². The summed E-state index contributed by atoms with van der Waals surface area (Å²) >= 11 is 12.0. The summed E-state index contributed by atoms with van der Waals surface area (Å²) in [6.45, 7) is 2.40. The van der Waals surface area contributed by atoms with Crippen LogP contribution in [0.2, 0.25) is 10.0 Å². The molecule has 0 aliphatic carbocycles. The monoisotopic (exact) mass is 472 g/mol. The largest absolute Gasteiger partial charge is 0.497 e. The van der Waals surface area contributed by atoms with E-state index in [0.29, 0.717) is 42.0 Å². The average molecular weight is 473 g/mol. The highest BCUT2D eigenvalue weighted by Gasteiger charge is 2.22. The Balaban J connectivity index is 1.30. The van der Waals surface area contributed by atoms with Gasteiger partial charge in [0.1, 0.15) is 11.5 Å². The zero-order valence-electron chi connectivity index (χ0n) is 17.5. The van der Waals surface area contributed by atoms with Gasteiger partial charge in [-0.25, -0.2) is 0 Å². The minimum Gasteiger partial charge on any atom is -0.497 e. The van der Waals surface area contributed by atoms with Crippen molar-refractivity contribution < 1.29 is 14.3 Å². The second kappa shape index (κ2) is 10.1. The molecule has 0 atom stereocenters. The maximum absolute atomic E-state index is 12.5. The first kappa shape index (κ1) is 22.2. The summed E-state index contributed by atoms with van der Waals surface area (Å²) in [7, 11) is 1.64. The van der Waals surface area contributed by atoms with E-state index in [9.17, 15) is 4.79 Å². The van der Waals surface area contributed by atoms with Gasteiger partial charge in [0.15, 0.2) is 12.4 Å². The van der Waals surface area contributed by atoms with Gasteiger partial charge in [-0.15, -0.1) is 10.2 Å². The molecular weight excluding hydrogens is 451 g/mol. The molecule has 1 aliphatic heterocycles. The number of hydrogen-bond acceptors (Lipinski definition) is 6. The molecule has 2 aromatic carbocycles. The SMILES string of the molecule is COc1ccc(-c2ccc(N3CCN(C(=O)COc4cc(Cl)ccc4Cl)CC3)nn2)cc1. The van der Waals surface area contributed by atoms with E-state index in [1.165, 1.54) is 0 Å². The molecule has 166 valence electrons. The van der Waals surface area contributed by atoms with E-state index in [1.807, 2.05) is 36.4 Å². The second-order valence-electron chi connectivity index (χ2n) is 7.24. The fourth-order valence-electron chi connectivity index (χ4n) is 3.41. The van der Waals surface area contributed by atoms with E-state index < -0.39 is 0 Å². The smallest absolute Gasteiger partial charge is 0.260 e. The van der Waals surface area contributed by atoms with Crippen molar-refractivity contribution in [3.05, 3.63) is 64.6 Å². The molecule has 7 nitrogen and oxygen atoms in total. The first-order valence-electron chi connectivity index (χ1n) is 10.1. The van der Waals surface area contributed by atoms with Crippen LogP contribution in [-0.2, 0) is 4.79 Å². The van der Waals surface area contributed by atoms with Crippen molar-refractivity contribution in [2.24, 2.45) is 0 Å². The zero-order chi connectivity index (χ0) is 22.5. The maximum Gasteiger partial charge on any atom is 0.260 e. The van der Waals surface area contributed by atoms with Crippen LogP contribution in [0.3, 0.4) is 0 Å². The van der Waals surface area contributed by atoms with Gasteiger partial charge >= 0.3 is 0 Å². The van der Waals surface area contributed by atoms with Gasteiger partial charge < -0.3 is 19.3 Å². The van der Waals surface area contributed by atoms with Crippen molar-refractivity contribution in [2.75, 3.05) is 44.8 Å². The summed E-state index contributed by atoms with van der Waals surface area (Å²) in [5, 5.41) is 9.65. The van der Waals surface area contributed by atoms with Gasteiger partial charge in [-0.05, 0) is 48.5 Å². The van der Waals surface area contributed by atoms with Crippen LogP contribution < -0.4 is 14.4 Å². The summed E-state index contributed by atoms with van der Waals surface area (Å²) in [5.74, 6) is 1.89. The van der Waals surface area contributed by atoms with Crippen LogP contribution in [0.5, 0.6) is 11.5 Å². The van der Waals surface area contributed by atoms with Gasteiger partial charge in [-0.2, -0.15) is 0 Å². The Hall–Kier alpha value is -3.03. The number of ether oxygens (including phenoxy) is 2. The van der Waals surface area contributed by atoms with Crippen molar-refractivity contribution in [1.29, 1.82) is 0 Å². The van der Waals surface area contributed by atoms with E-state index >= 15 is 0 Å². The molecule has 0 unspecified atom stereocenters. The summed E-state index contributed by atoms with van der Waals surface area (Å²) in [4.78, 5) is 16.4. The van der Waals surface area contributed by atoms with Gasteiger partial charge in [0, 0.05) is 42.8 Å². The Morgan fingerprint density at radius 1 is 0.969 bits per heavy atom. The van der Waals surface area contributed by atoms with Gasteiger partial charge in [0.25, 0.3) is 5.91 Å². The Labute approximate surface area is 196 Å². The third-order valence-corrected chi connectivity index (χ3v) is 5.78.